The highest BCUT2D eigenvalue weighted by Gasteiger charge is 2.33. The Hall–Kier alpha value is -2.87. The number of hydrogen-bond acceptors (Lipinski definition) is 2. The molecule has 0 atom stereocenters. The van der Waals surface area contributed by atoms with Crippen LogP contribution in [0.25, 0.3) is 10.5 Å². The van der Waals surface area contributed by atoms with Gasteiger partial charge in [0.1, 0.15) is 0 Å². The van der Waals surface area contributed by atoms with Crippen molar-refractivity contribution < 1.29 is 4.79 Å². The molecule has 2 heterocycles. The molecule has 2 aromatic rings. The number of benzene rings is 1. The van der Waals surface area contributed by atoms with Gasteiger partial charge < -0.3 is 4.90 Å². The van der Waals surface area contributed by atoms with E-state index in [0.717, 1.165) is 11.1 Å². The third-order valence-electron chi connectivity index (χ3n) is 4.15. The van der Waals surface area contributed by atoms with Gasteiger partial charge in [0.2, 0.25) is 5.70 Å². The van der Waals surface area contributed by atoms with Crippen LogP contribution in [0.15, 0.2) is 36.7 Å². The smallest absolute Gasteiger partial charge is 0.256 e. The van der Waals surface area contributed by atoms with Crippen LogP contribution < -0.4 is 0 Å². The van der Waals surface area contributed by atoms with Crippen molar-refractivity contribution in [2.45, 2.75) is 26.2 Å². The molecule has 0 fully saturated rings. The predicted octanol–water partition coefficient (Wildman–Crippen LogP) is 3.37. The van der Waals surface area contributed by atoms with Crippen molar-refractivity contribution in [3.63, 3.8) is 0 Å². The minimum Gasteiger partial charge on any atom is -0.324 e. The van der Waals surface area contributed by atoms with E-state index in [9.17, 15) is 4.79 Å². The maximum absolute atomic E-state index is 12.8. The number of carbonyl (C=O) groups is 1. The first-order valence-electron chi connectivity index (χ1n) is 7.43. The van der Waals surface area contributed by atoms with Crippen LogP contribution >= 0.6 is 0 Å². The van der Waals surface area contributed by atoms with E-state index in [1.165, 1.54) is 0 Å². The van der Waals surface area contributed by atoms with Crippen molar-refractivity contribution in [1.29, 1.82) is 0 Å². The van der Waals surface area contributed by atoms with Gasteiger partial charge >= 0.3 is 0 Å². The zero-order valence-corrected chi connectivity index (χ0v) is 13.4. The van der Waals surface area contributed by atoms with E-state index in [0.29, 0.717) is 23.5 Å². The van der Waals surface area contributed by atoms with Crippen LogP contribution in [0, 0.1) is 13.5 Å². The molecule has 0 radical (unpaired) electrons. The molecular weight excluding hydrogens is 288 g/mol. The van der Waals surface area contributed by atoms with Crippen molar-refractivity contribution in [1.82, 2.24) is 15.1 Å². The summed E-state index contributed by atoms with van der Waals surface area (Å²) in [5, 5.41) is 6.96. The Kier molecular flexibility index (Phi) is 3.53. The summed E-state index contributed by atoms with van der Waals surface area (Å²) in [7, 11) is 0. The topological polar surface area (TPSA) is 53.4 Å². The van der Waals surface area contributed by atoms with Gasteiger partial charge in [-0.25, -0.2) is 4.85 Å². The van der Waals surface area contributed by atoms with Crippen LogP contribution in [0.5, 0.6) is 0 Å². The highest BCUT2D eigenvalue weighted by Crippen LogP contribution is 2.34. The largest absolute Gasteiger partial charge is 0.324 e. The monoisotopic (exact) mass is 306 g/mol. The van der Waals surface area contributed by atoms with Crippen LogP contribution in [0.4, 0.5) is 0 Å². The fourth-order valence-electron chi connectivity index (χ4n) is 2.84. The third kappa shape index (κ3) is 2.64. The summed E-state index contributed by atoms with van der Waals surface area (Å²) < 4.78 is 0. The summed E-state index contributed by atoms with van der Waals surface area (Å²) in [6, 6.07) is 7.48. The SMILES string of the molecule is [C-]#[N+]C1=CN(C(=O)c2ccc(C)cc2)CC(C)(C)c2cn[nH]c21. The summed E-state index contributed by atoms with van der Waals surface area (Å²) in [5.74, 6) is -0.0997. The van der Waals surface area contributed by atoms with Gasteiger partial charge in [-0.2, -0.15) is 5.10 Å². The predicted molar refractivity (Wildman–Crippen MR) is 88.4 cm³/mol. The minimum absolute atomic E-state index is 0.0997. The number of hydrogen-bond donors (Lipinski definition) is 1. The van der Waals surface area contributed by atoms with Crippen molar-refractivity contribution in [3.8, 4) is 0 Å². The van der Waals surface area contributed by atoms with Crippen LogP contribution in [0.3, 0.4) is 0 Å². The van der Waals surface area contributed by atoms with Gasteiger partial charge in [0.05, 0.1) is 18.5 Å². The molecule has 1 aliphatic heterocycles. The van der Waals surface area contributed by atoms with E-state index in [1.54, 1.807) is 17.3 Å². The Morgan fingerprint density at radius 2 is 2.04 bits per heavy atom. The molecule has 1 aromatic heterocycles. The van der Waals surface area contributed by atoms with Gasteiger partial charge in [-0.1, -0.05) is 31.5 Å². The molecule has 1 aliphatic rings. The third-order valence-corrected chi connectivity index (χ3v) is 4.15. The molecule has 0 bridgehead atoms. The number of aryl methyl sites for hydroxylation is 1. The lowest BCUT2D eigenvalue weighted by atomic mass is 9.84. The van der Waals surface area contributed by atoms with E-state index in [2.05, 4.69) is 28.9 Å². The number of nitrogens with one attached hydrogen (secondary N) is 1. The van der Waals surface area contributed by atoms with Gasteiger partial charge in [0.15, 0.2) is 0 Å². The summed E-state index contributed by atoms with van der Waals surface area (Å²) >= 11 is 0. The molecule has 3 rings (SSSR count). The van der Waals surface area contributed by atoms with E-state index < -0.39 is 0 Å². The summed E-state index contributed by atoms with van der Waals surface area (Å²) in [6.07, 6.45) is 3.37. The Labute approximate surface area is 135 Å². The van der Waals surface area contributed by atoms with Crippen LogP contribution in [-0.4, -0.2) is 27.5 Å². The second kappa shape index (κ2) is 5.40. The zero-order valence-electron chi connectivity index (χ0n) is 13.4. The highest BCUT2D eigenvalue weighted by molar-refractivity contribution is 5.96. The van der Waals surface area contributed by atoms with Crippen molar-refractivity contribution >= 4 is 11.6 Å². The molecule has 1 amide bonds. The lowest BCUT2D eigenvalue weighted by Gasteiger charge is -2.29. The number of rotatable bonds is 1. The molecule has 0 spiro atoms. The second-order valence-electron chi connectivity index (χ2n) is 6.47. The van der Waals surface area contributed by atoms with Gasteiger partial charge in [-0.15, -0.1) is 0 Å². The first-order chi connectivity index (χ1) is 10.9. The van der Waals surface area contributed by atoms with Gasteiger partial charge in [-0.05, 0) is 24.6 Å². The van der Waals surface area contributed by atoms with Crippen LogP contribution in [0.1, 0.15) is 41.0 Å². The molecule has 1 aromatic carbocycles. The first-order valence-corrected chi connectivity index (χ1v) is 7.43. The summed E-state index contributed by atoms with van der Waals surface area (Å²) in [4.78, 5) is 18.0. The van der Waals surface area contributed by atoms with Crippen LogP contribution in [0.2, 0.25) is 0 Å². The fourth-order valence-corrected chi connectivity index (χ4v) is 2.84. The number of amides is 1. The standard InChI is InChI=1S/C18H18N4O/c1-12-5-7-13(8-6-12)17(23)22-10-15(19-4)16-14(9-20-21-16)18(2,3)11-22/h5-10H,11H2,1-3H3,(H,20,21). The summed E-state index contributed by atoms with van der Waals surface area (Å²) in [5.41, 5.74) is 3.49. The number of aromatic amines is 1. The molecule has 23 heavy (non-hydrogen) atoms. The number of carbonyl (C=O) groups excluding carboxylic acids is 1. The number of H-pyrrole nitrogens is 1. The maximum Gasteiger partial charge on any atom is 0.256 e. The molecule has 5 heteroatoms. The van der Waals surface area contributed by atoms with Crippen molar-refractivity contribution in [3.05, 3.63) is 70.5 Å². The molecule has 5 nitrogen and oxygen atoms in total. The highest BCUT2D eigenvalue weighted by atomic mass is 16.2. The summed E-state index contributed by atoms with van der Waals surface area (Å²) in [6.45, 7) is 14.0. The Bertz CT molecular complexity index is 821. The van der Waals surface area contributed by atoms with E-state index in [4.69, 9.17) is 6.57 Å². The van der Waals surface area contributed by atoms with Gasteiger partial charge in [-0.3, -0.25) is 9.89 Å². The van der Waals surface area contributed by atoms with Crippen molar-refractivity contribution in [2.24, 2.45) is 0 Å². The number of nitrogens with zero attached hydrogens (tertiary/aromatic N) is 3. The average molecular weight is 306 g/mol. The fraction of sp³-hybridized carbons (Fsp3) is 0.278. The Morgan fingerprint density at radius 3 is 2.70 bits per heavy atom. The maximum atomic E-state index is 12.8. The van der Waals surface area contributed by atoms with E-state index in [-0.39, 0.29) is 11.3 Å². The Morgan fingerprint density at radius 1 is 1.35 bits per heavy atom. The van der Waals surface area contributed by atoms with Gasteiger partial charge in [0.25, 0.3) is 5.91 Å². The lowest BCUT2D eigenvalue weighted by Crippen LogP contribution is -2.36. The number of aromatic nitrogens is 2. The second-order valence-corrected chi connectivity index (χ2v) is 6.47. The molecule has 0 saturated carbocycles. The molecule has 0 saturated heterocycles. The average Bonchev–Trinajstić information content (AvgIpc) is 2.98. The minimum atomic E-state index is -0.300. The number of fused-ring (bicyclic) bond motifs is 1. The van der Waals surface area contributed by atoms with E-state index in [1.807, 2.05) is 31.2 Å². The van der Waals surface area contributed by atoms with E-state index >= 15 is 0 Å². The molecule has 0 unspecified atom stereocenters. The van der Waals surface area contributed by atoms with Crippen LogP contribution in [-0.2, 0) is 5.41 Å². The molecule has 116 valence electrons. The molecular formula is C18H18N4O. The molecule has 1 N–H and O–H groups in total. The first kappa shape index (κ1) is 15.0. The Balaban J connectivity index is 2.04. The van der Waals surface area contributed by atoms with Crippen molar-refractivity contribution in [2.75, 3.05) is 6.54 Å². The zero-order chi connectivity index (χ0) is 16.6. The normalized spacial score (nSPS) is 16.1. The lowest BCUT2D eigenvalue weighted by molar-refractivity contribution is 0.0801. The van der Waals surface area contributed by atoms with Gasteiger partial charge in [0, 0.05) is 23.7 Å². The molecule has 0 aliphatic carbocycles. The quantitative estimate of drug-likeness (QED) is 0.821.